The lowest BCUT2D eigenvalue weighted by Crippen LogP contribution is -2.32. The van der Waals surface area contributed by atoms with Gasteiger partial charge in [0.15, 0.2) is 0 Å². The molecule has 45 heavy (non-hydrogen) atoms. The highest BCUT2D eigenvalue weighted by Crippen LogP contribution is 2.43. The fraction of sp³-hybridized carbons (Fsp3) is 0.0476. The van der Waals surface area contributed by atoms with Crippen molar-refractivity contribution in [3.8, 4) is 33.7 Å². The molecule has 3 heteroatoms. The number of para-hydroxylation sites is 2. The molecule has 2 aromatic heterocycles. The maximum atomic E-state index is 6.50. The van der Waals surface area contributed by atoms with Crippen LogP contribution in [0.1, 0.15) is 11.5 Å². The Kier molecular flexibility index (Phi) is 5.11. The first-order valence-electron chi connectivity index (χ1n) is 15.5. The monoisotopic (exact) mass is 577 g/mol. The number of rotatable bonds is 3. The maximum absolute atomic E-state index is 6.50. The van der Waals surface area contributed by atoms with Crippen molar-refractivity contribution in [2.45, 2.75) is 12.0 Å². The van der Waals surface area contributed by atoms with Crippen molar-refractivity contribution in [3.63, 3.8) is 0 Å². The summed E-state index contributed by atoms with van der Waals surface area (Å²) in [5.41, 5.74) is 11.4. The minimum Gasteiger partial charge on any atom is -0.485 e. The number of aromatic nitrogens is 1. The summed E-state index contributed by atoms with van der Waals surface area (Å²) < 4.78 is 15.3. The minimum absolute atomic E-state index is 0.0940. The number of hydrogen-bond acceptors (Lipinski definition) is 2. The molecule has 6 aromatic carbocycles. The van der Waals surface area contributed by atoms with Gasteiger partial charge in [0.25, 0.3) is 0 Å². The van der Waals surface area contributed by atoms with Gasteiger partial charge >= 0.3 is 0 Å². The largest absolute Gasteiger partial charge is 0.485 e. The van der Waals surface area contributed by atoms with E-state index in [1.807, 2.05) is 0 Å². The first kappa shape index (κ1) is 24.6. The van der Waals surface area contributed by atoms with Gasteiger partial charge in [0.2, 0.25) is 0 Å². The minimum atomic E-state index is -0.0940. The van der Waals surface area contributed by atoms with Gasteiger partial charge in [-0.05, 0) is 70.8 Å². The molecule has 2 unspecified atom stereocenters. The Bertz CT molecular complexity index is 2540. The van der Waals surface area contributed by atoms with E-state index in [0.29, 0.717) is 0 Å². The Hall–Kier alpha value is -5.80. The quantitative estimate of drug-likeness (QED) is 0.210. The van der Waals surface area contributed by atoms with E-state index >= 15 is 0 Å². The molecule has 0 saturated carbocycles. The molecule has 0 fully saturated rings. The van der Waals surface area contributed by atoms with Gasteiger partial charge in [0, 0.05) is 44.6 Å². The van der Waals surface area contributed by atoms with E-state index < -0.39 is 0 Å². The van der Waals surface area contributed by atoms with Crippen LogP contribution in [0.25, 0.3) is 72.9 Å². The van der Waals surface area contributed by atoms with Gasteiger partial charge in [-0.2, -0.15) is 0 Å². The number of ether oxygens (including phenoxy) is 1. The molecule has 10 rings (SSSR count). The second-order valence-electron chi connectivity index (χ2n) is 12.1. The van der Waals surface area contributed by atoms with Crippen molar-refractivity contribution in [3.05, 3.63) is 156 Å². The van der Waals surface area contributed by atoms with Crippen LogP contribution in [0, 0.1) is 0 Å². The van der Waals surface area contributed by atoms with Crippen LogP contribution in [0.4, 0.5) is 0 Å². The Balaban J connectivity index is 1.10. The standard InChI is InChI=1S/C42H27NO2/c1-2-9-26(10-3-1)27-11-8-12-28(21-27)29-17-19-39-33(22-29)35-24-36-34-23-30(18-20-40(34)45-42(36)25-41(35)44-39)43-37-15-6-4-13-31(37)32-14-5-7-16-38(32)43/h1-25,36,42H. The zero-order valence-corrected chi connectivity index (χ0v) is 24.4. The Labute approximate surface area is 259 Å². The fourth-order valence-corrected chi connectivity index (χ4v) is 7.41. The smallest absolute Gasteiger partial charge is 0.135 e. The number of benzene rings is 6. The summed E-state index contributed by atoms with van der Waals surface area (Å²) in [7, 11) is 0. The summed E-state index contributed by atoms with van der Waals surface area (Å²) >= 11 is 0. The molecule has 1 aliphatic heterocycles. The van der Waals surface area contributed by atoms with Gasteiger partial charge in [-0.15, -0.1) is 0 Å². The Morgan fingerprint density at radius 1 is 0.511 bits per heavy atom. The normalized spacial score (nSPS) is 16.5. The molecule has 8 aromatic rings. The highest BCUT2D eigenvalue weighted by molar-refractivity contribution is 6.09. The van der Waals surface area contributed by atoms with Crippen molar-refractivity contribution >= 4 is 44.9 Å². The van der Waals surface area contributed by atoms with Crippen LogP contribution in [0.3, 0.4) is 0 Å². The Morgan fingerprint density at radius 3 is 2.00 bits per heavy atom. The average Bonchev–Trinajstić information content (AvgIpc) is 3.76. The summed E-state index contributed by atoms with van der Waals surface area (Å²) in [6.45, 7) is 0. The third-order valence-corrected chi connectivity index (χ3v) is 9.53. The van der Waals surface area contributed by atoms with Crippen molar-refractivity contribution in [2.24, 2.45) is 0 Å². The Morgan fingerprint density at radius 2 is 1.20 bits per heavy atom. The second-order valence-corrected chi connectivity index (χ2v) is 12.1. The van der Waals surface area contributed by atoms with Crippen LogP contribution in [0.5, 0.6) is 5.75 Å². The van der Waals surface area contributed by atoms with E-state index in [1.54, 1.807) is 0 Å². The maximum Gasteiger partial charge on any atom is 0.135 e. The van der Waals surface area contributed by atoms with Gasteiger partial charge in [-0.25, -0.2) is 0 Å². The number of hydrogen-bond donors (Lipinski definition) is 0. The second kappa shape index (κ2) is 9.35. The highest BCUT2D eigenvalue weighted by Gasteiger charge is 2.34. The molecule has 0 saturated heterocycles. The van der Waals surface area contributed by atoms with Gasteiger partial charge in [-0.1, -0.05) is 97.1 Å². The lowest BCUT2D eigenvalue weighted by atomic mass is 9.90. The van der Waals surface area contributed by atoms with E-state index in [9.17, 15) is 0 Å². The molecule has 0 N–H and O–H groups in total. The van der Waals surface area contributed by atoms with Crippen LogP contribution >= 0.6 is 0 Å². The molecule has 0 radical (unpaired) electrons. The van der Waals surface area contributed by atoms with Gasteiger partial charge < -0.3 is 13.7 Å². The third-order valence-electron chi connectivity index (χ3n) is 9.53. The molecule has 0 bridgehead atoms. The first-order valence-corrected chi connectivity index (χ1v) is 15.5. The van der Waals surface area contributed by atoms with Crippen LogP contribution in [-0.2, 0) is 0 Å². The predicted molar refractivity (Wildman–Crippen MR) is 183 cm³/mol. The van der Waals surface area contributed by atoms with Crippen LogP contribution in [0.2, 0.25) is 0 Å². The topological polar surface area (TPSA) is 27.3 Å². The molecule has 3 heterocycles. The van der Waals surface area contributed by atoms with Gasteiger partial charge in [0.1, 0.15) is 22.9 Å². The van der Waals surface area contributed by atoms with Crippen molar-refractivity contribution < 1.29 is 9.15 Å². The summed E-state index contributed by atoms with van der Waals surface area (Å²) in [5.74, 6) is 1.04. The number of nitrogens with zero attached hydrogens (tertiary/aromatic N) is 1. The van der Waals surface area contributed by atoms with Crippen LogP contribution < -0.4 is 15.4 Å². The summed E-state index contributed by atoms with van der Waals surface area (Å²) in [6, 6.07) is 49.8. The summed E-state index contributed by atoms with van der Waals surface area (Å²) in [4.78, 5) is 0. The number of fused-ring (bicyclic) bond motifs is 9. The molecule has 0 spiro atoms. The van der Waals surface area contributed by atoms with E-state index in [0.717, 1.165) is 33.0 Å². The third kappa shape index (κ3) is 3.71. The molecule has 1 aliphatic carbocycles. The lowest BCUT2D eigenvalue weighted by Gasteiger charge is -2.14. The molecule has 2 atom stereocenters. The fourth-order valence-electron chi connectivity index (χ4n) is 7.41. The molecular formula is C42H27NO2. The zero-order chi connectivity index (χ0) is 29.5. The van der Waals surface area contributed by atoms with Crippen molar-refractivity contribution in [1.29, 1.82) is 0 Å². The summed E-state index contributed by atoms with van der Waals surface area (Å²) in [5, 5.41) is 4.81. The number of furan rings is 1. The molecule has 212 valence electrons. The van der Waals surface area contributed by atoms with Crippen LogP contribution in [-0.4, -0.2) is 10.7 Å². The van der Waals surface area contributed by atoms with E-state index in [2.05, 4.69) is 156 Å². The SMILES string of the molecule is C1=c2oc3ccc(-c4cccc(-c5ccccc5)c4)cc3c2=CC2c3cc(-n4c5ccccc5c5ccccc54)ccc3OC12. The lowest BCUT2D eigenvalue weighted by molar-refractivity contribution is 0.286. The molecule has 0 amide bonds. The van der Waals surface area contributed by atoms with Gasteiger partial charge in [0.05, 0.1) is 11.0 Å². The first-order chi connectivity index (χ1) is 22.3. The summed E-state index contributed by atoms with van der Waals surface area (Å²) in [6.07, 6.45) is 4.43. The zero-order valence-electron chi connectivity index (χ0n) is 24.4. The molecular weight excluding hydrogens is 550 g/mol. The predicted octanol–water partition coefficient (Wildman–Crippen LogP) is 8.98. The van der Waals surface area contributed by atoms with E-state index in [1.165, 1.54) is 49.6 Å². The van der Waals surface area contributed by atoms with E-state index in [4.69, 9.17) is 9.15 Å². The van der Waals surface area contributed by atoms with Gasteiger partial charge in [-0.3, -0.25) is 0 Å². The highest BCUT2D eigenvalue weighted by atomic mass is 16.5. The molecule has 2 aliphatic rings. The average molecular weight is 578 g/mol. The van der Waals surface area contributed by atoms with Crippen molar-refractivity contribution in [2.75, 3.05) is 0 Å². The van der Waals surface area contributed by atoms with Crippen molar-refractivity contribution in [1.82, 2.24) is 4.57 Å². The van der Waals surface area contributed by atoms with E-state index in [-0.39, 0.29) is 12.0 Å². The van der Waals surface area contributed by atoms with Crippen LogP contribution in [0.15, 0.2) is 144 Å². The molecule has 3 nitrogen and oxygen atoms in total.